The first-order valence-corrected chi connectivity index (χ1v) is 4.44. The van der Waals surface area contributed by atoms with Gasteiger partial charge in [0.15, 0.2) is 0 Å². The summed E-state index contributed by atoms with van der Waals surface area (Å²) < 4.78 is 0. The van der Waals surface area contributed by atoms with Gasteiger partial charge in [0.2, 0.25) is 0 Å². The van der Waals surface area contributed by atoms with Crippen LogP contribution in [0.3, 0.4) is 0 Å². The second-order valence-electron chi connectivity index (χ2n) is 2.85. The van der Waals surface area contributed by atoms with E-state index in [1.807, 2.05) is 0 Å². The highest BCUT2D eigenvalue weighted by Crippen LogP contribution is 1.97. The van der Waals surface area contributed by atoms with E-state index in [4.69, 9.17) is 10.9 Å². The smallest absolute Gasteiger partial charge is 0.140 e. The molecule has 0 fully saturated rings. The summed E-state index contributed by atoms with van der Waals surface area (Å²) in [4.78, 5) is 0. The molecule has 0 rings (SSSR count). The first kappa shape index (κ1) is 11.2. The Morgan fingerprint density at radius 1 is 1.58 bits per heavy atom. The molecule has 0 amide bonds. The quantitative estimate of drug-likeness (QED) is 0.242. The SMILES string of the molecule is CCCNC(CC)CC(N)=NO. The van der Waals surface area contributed by atoms with Gasteiger partial charge in [-0.15, -0.1) is 0 Å². The van der Waals surface area contributed by atoms with E-state index in [0.29, 0.717) is 18.3 Å². The van der Waals surface area contributed by atoms with E-state index in [0.717, 1.165) is 19.4 Å². The van der Waals surface area contributed by atoms with Crippen LogP contribution in [0, 0.1) is 0 Å². The van der Waals surface area contributed by atoms with Gasteiger partial charge in [0.05, 0.1) is 0 Å². The van der Waals surface area contributed by atoms with Crippen LogP contribution in [0.1, 0.15) is 33.1 Å². The third-order valence-corrected chi connectivity index (χ3v) is 1.76. The molecule has 0 aromatic carbocycles. The summed E-state index contributed by atoms with van der Waals surface area (Å²) in [5, 5.41) is 14.6. The van der Waals surface area contributed by atoms with Crippen LogP contribution in [-0.4, -0.2) is 23.6 Å². The van der Waals surface area contributed by atoms with Crippen LogP contribution < -0.4 is 11.1 Å². The van der Waals surface area contributed by atoms with Gasteiger partial charge >= 0.3 is 0 Å². The van der Waals surface area contributed by atoms with Gasteiger partial charge in [0, 0.05) is 12.5 Å². The van der Waals surface area contributed by atoms with Crippen molar-refractivity contribution in [3.05, 3.63) is 0 Å². The van der Waals surface area contributed by atoms with Crippen molar-refractivity contribution in [1.29, 1.82) is 0 Å². The first-order chi connectivity index (χ1) is 5.74. The number of hydrogen-bond acceptors (Lipinski definition) is 3. The Balaban J connectivity index is 3.67. The predicted octanol–water partition coefficient (Wildman–Crippen LogP) is 0.901. The lowest BCUT2D eigenvalue weighted by molar-refractivity contribution is 0.315. The molecule has 0 heterocycles. The molecule has 12 heavy (non-hydrogen) atoms. The van der Waals surface area contributed by atoms with E-state index in [9.17, 15) is 0 Å². The van der Waals surface area contributed by atoms with Crippen molar-refractivity contribution < 1.29 is 5.21 Å². The minimum atomic E-state index is 0.297. The molecular formula is C8H19N3O. The average molecular weight is 173 g/mol. The van der Waals surface area contributed by atoms with Crippen LogP contribution in [0.5, 0.6) is 0 Å². The maximum absolute atomic E-state index is 8.34. The third-order valence-electron chi connectivity index (χ3n) is 1.76. The summed E-state index contributed by atoms with van der Waals surface area (Å²) in [5.41, 5.74) is 5.38. The molecule has 0 saturated carbocycles. The second-order valence-corrected chi connectivity index (χ2v) is 2.85. The number of nitrogens with two attached hydrogens (primary N) is 1. The number of nitrogens with one attached hydrogen (secondary N) is 1. The Morgan fingerprint density at radius 2 is 2.25 bits per heavy atom. The van der Waals surface area contributed by atoms with Crippen LogP contribution in [0.4, 0.5) is 0 Å². The first-order valence-electron chi connectivity index (χ1n) is 4.44. The van der Waals surface area contributed by atoms with Crippen LogP contribution in [0.2, 0.25) is 0 Å². The lowest BCUT2D eigenvalue weighted by Crippen LogP contribution is -2.33. The van der Waals surface area contributed by atoms with Crippen LogP contribution in [0.15, 0.2) is 5.16 Å². The maximum atomic E-state index is 8.34. The molecule has 0 aromatic rings. The molecule has 0 aliphatic rings. The average Bonchev–Trinajstić information content (AvgIpc) is 2.11. The number of amidine groups is 1. The molecule has 1 unspecified atom stereocenters. The van der Waals surface area contributed by atoms with Crippen molar-refractivity contribution in [1.82, 2.24) is 5.32 Å². The summed E-state index contributed by atoms with van der Waals surface area (Å²) in [5.74, 6) is 0.297. The van der Waals surface area contributed by atoms with Gasteiger partial charge in [-0.2, -0.15) is 0 Å². The summed E-state index contributed by atoms with van der Waals surface area (Å²) in [7, 11) is 0. The van der Waals surface area contributed by atoms with E-state index in [1.165, 1.54) is 0 Å². The predicted molar refractivity (Wildman–Crippen MR) is 50.4 cm³/mol. The molecule has 0 spiro atoms. The highest BCUT2D eigenvalue weighted by Gasteiger charge is 2.06. The lowest BCUT2D eigenvalue weighted by atomic mass is 10.1. The fourth-order valence-corrected chi connectivity index (χ4v) is 1.00. The fourth-order valence-electron chi connectivity index (χ4n) is 1.00. The topological polar surface area (TPSA) is 70.6 Å². The Morgan fingerprint density at radius 3 is 2.67 bits per heavy atom. The standard InChI is InChI=1S/C8H19N3O/c1-3-5-10-7(4-2)6-8(9)11-12/h7,10,12H,3-6H2,1-2H3,(H2,9,11). The van der Waals surface area contributed by atoms with E-state index in [2.05, 4.69) is 24.3 Å². The molecular weight excluding hydrogens is 154 g/mol. The van der Waals surface area contributed by atoms with Crippen molar-refractivity contribution in [3.63, 3.8) is 0 Å². The Bertz CT molecular complexity index is 136. The fraction of sp³-hybridized carbons (Fsp3) is 0.875. The summed E-state index contributed by atoms with van der Waals surface area (Å²) in [6.07, 6.45) is 2.72. The normalized spacial score (nSPS) is 14.7. The van der Waals surface area contributed by atoms with Gasteiger partial charge in [-0.25, -0.2) is 0 Å². The van der Waals surface area contributed by atoms with Gasteiger partial charge in [0.25, 0.3) is 0 Å². The summed E-state index contributed by atoms with van der Waals surface area (Å²) in [6, 6.07) is 0.334. The van der Waals surface area contributed by atoms with Gasteiger partial charge in [-0.05, 0) is 19.4 Å². The number of oxime groups is 1. The Labute approximate surface area is 73.8 Å². The maximum Gasteiger partial charge on any atom is 0.140 e. The number of hydrogen-bond donors (Lipinski definition) is 3. The summed E-state index contributed by atoms with van der Waals surface area (Å²) >= 11 is 0. The largest absolute Gasteiger partial charge is 0.409 e. The molecule has 4 nitrogen and oxygen atoms in total. The van der Waals surface area contributed by atoms with Crippen LogP contribution in [-0.2, 0) is 0 Å². The van der Waals surface area contributed by atoms with Crippen molar-refractivity contribution in [3.8, 4) is 0 Å². The van der Waals surface area contributed by atoms with Crippen molar-refractivity contribution >= 4 is 5.84 Å². The van der Waals surface area contributed by atoms with E-state index in [1.54, 1.807) is 0 Å². The highest BCUT2D eigenvalue weighted by molar-refractivity contribution is 5.80. The number of nitrogens with zero attached hydrogens (tertiary/aromatic N) is 1. The molecule has 0 bridgehead atoms. The zero-order chi connectivity index (χ0) is 9.40. The molecule has 1 atom stereocenters. The van der Waals surface area contributed by atoms with Gasteiger partial charge in [-0.3, -0.25) is 0 Å². The zero-order valence-corrected chi connectivity index (χ0v) is 7.88. The highest BCUT2D eigenvalue weighted by atomic mass is 16.4. The Kier molecular flexibility index (Phi) is 6.47. The molecule has 0 aliphatic heterocycles. The van der Waals surface area contributed by atoms with Crippen molar-refractivity contribution in [2.75, 3.05) is 6.54 Å². The van der Waals surface area contributed by atoms with Crippen LogP contribution in [0.25, 0.3) is 0 Å². The van der Waals surface area contributed by atoms with E-state index < -0.39 is 0 Å². The van der Waals surface area contributed by atoms with Crippen LogP contribution >= 0.6 is 0 Å². The van der Waals surface area contributed by atoms with Gasteiger partial charge < -0.3 is 16.3 Å². The molecule has 0 aromatic heterocycles. The molecule has 72 valence electrons. The van der Waals surface area contributed by atoms with Gasteiger partial charge in [-0.1, -0.05) is 19.0 Å². The second kappa shape index (κ2) is 6.91. The zero-order valence-electron chi connectivity index (χ0n) is 7.88. The molecule has 0 radical (unpaired) electrons. The molecule has 4 N–H and O–H groups in total. The summed E-state index contributed by atoms with van der Waals surface area (Å²) in [6.45, 7) is 5.18. The molecule has 0 saturated heterocycles. The number of rotatable bonds is 6. The van der Waals surface area contributed by atoms with Crippen molar-refractivity contribution in [2.24, 2.45) is 10.9 Å². The lowest BCUT2D eigenvalue weighted by Gasteiger charge is -2.14. The molecule has 0 aliphatic carbocycles. The van der Waals surface area contributed by atoms with Crippen molar-refractivity contribution in [2.45, 2.75) is 39.2 Å². The van der Waals surface area contributed by atoms with Gasteiger partial charge in [0.1, 0.15) is 5.84 Å². The third kappa shape index (κ3) is 4.96. The van der Waals surface area contributed by atoms with E-state index in [-0.39, 0.29) is 0 Å². The minimum Gasteiger partial charge on any atom is -0.409 e. The molecule has 4 heteroatoms. The van der Waals surface area contributed by atoms with E-state index >= 15 is 0 Å². The monoisotopic (exact) mass is 173 g/mol. The Hall–Kier alpha value is -0.770. The minimum absolute atomic E-state index is 0.297.